The zero-order chi connectivity index (χ0) is 13.8. The van der Waals surface area contributed by atoms with E-state index in [1.54, 1.807) is 18.9 Å². The number of methoxy groups -OCH3 is 1. The first kappa shape index (κ1) is 14.3. The van der Waals surface area contributed by atoms with Crippen molar-refractivity contribution in [2.75, 3.05) is 12.8 Å². The first-order valence-electron chi connectivity index (χ1n) is 5.92. The normalized spacial score (nSPS) is 10.5. The second kappa shape index (κ2) is 6.35. The van der Waals surface area contributed by atoms with Crippen molar-refractivity contribution in [1.82, 2.24) is 0 Å². The van der Waals surface area contributed by atoms with E-state index in [4.69, 9.17) is 10.5 Å². The van der Waals surface area contributed by atoms with Crippen molar-refractivity contribution in [3.63, 3.8) is 0 Å². The molecular weight excluding hydrogens is 322 g/mol. The molecule has 0 bridgehead atoms. The second-order valence-electron chi connectivity index (χ2n) is 4.22. The van der Waals surface area contributed by atoms with Crippen molar-refractivity contribution < 1.29 is 4.74 Å². The minimum Gasteiger partial charge on any atom is -0.496 e. The van der Waals surface area contributed by atoms with Crippen molar-refractivity contribution in [1.29, 1.82) is 0 Å². The van der Waals surface area contributed by atoms with Gasteiger partial charge >= 0.3 is 0 Å². The van der Waals surface area contributed by atoms with Crippen molar-refractivity contribution in [3.05, 3.63) is 52.0 Å². The number of nitrogen functional groups attached to an aromatic ring is 1. The monoisotopic (exact) mass is 337 g/mol. The van der Waals surface area contributed by atoms with Crippen molar-refractivity contribution in [3.8, 4) is 5.75 Å². The largest absolute Gasteiger partial charge is 0.496 e. The summed E-state index contributed by atoms with van der Waals surface area (Å²) in [6.45, 7) is 2.05. The maximum Gasteiger partial charge on any atom is 0.122 e. The van der Waals surface area contributed by atoms with Crippen LogP contribution in [0.15, 0.2) is 45.8 Å². The molecule has 0 radical (unpaired) electrons. The van der Waals surface area contributed by atoms with E-state index in [1.165, 1.54) is 10.5 Å². The minimum absolute atomic E-state index is 0.839. The van der Waals surface area contributed by atoms with Crippen LogP contribution in [0.25, 0.3) is 0 Å². The van der Waals surface area contributed by atoms with Crippen LogP contribution in [0.3, 0.4) is 0 Å². The lowest BCUT2D eigenvalue weighted by atomic mass is 10.2. The Bertz CT molecular complexity index is 586. The van der Waals surface area contributed by atoms with Gasteiger partial charge in [0.25, 0.3) is 0 Å². The molecule has 0 unspecified atom stereocenters. The average molecular weight is 338 g/mol. The number of hydrogen-bond acceptors (Lipinski definition) is 3. The summed E-state index contributed by atoms with van der Waals surface area (Å²) >= 11 is 5.26. The third-order valence-electron chi connectivity index (χ3n) is 2.95. The van der Waals surface area contributed by atoms with Gasteiger partial charge in [-0.15, -0.1) is 11.8 Å². The fourth-order valence-electron chi connectivity index (χ4n) is 1.80. The highest BCUT2D eigenvalue weighted by molar-refractivity contribution is 9.10. The van der Waals surface area contributed by atoms with Gasteiger partial charge in [-0.2, -0.15) is 0 Å². The second-order valence-corrected chi connectivity index (χ2v) is 6.15. The number of anilines is 1. The maximum absolute atomic E-state index is 5.92. The van der Waals surface area contributed by atoms with Gasteiger partial charge in [0.15, 0.2) is 0 Å². The first-order chi connectivity index (χ1) is 9.11. The SMILES string of the molecule is COc1ccc(Br)cc1CSc1cccc(N)c1C. The number of benzene rings is 2. The zero-order valence-corrected chi connectivity index (χ0v) is 13.3. The standard InChI is InChI=1S/C15H16BrNOS/c1-10-13(17)4-3-5-15(10)19-9-11-8-12(16)6-7-14(11)18-2/h3-8H,9,17H2,1-2H3. The molecule has 2 N–H and O–H groups in total. The van der Waals surface area contributed by atoms with Crippen LogP contribution in [-0.4, -0.2) is 7.11 Å². The van der Waals surface area contributed by atoms with Gasteiger partial charge in [0.2, 0.25) is 0 Å². The predicted octanol–water partition coefficient (Wildman–Crippen LogP) is 4.64. The molecule has 0 aliphatic heterocycles. The first-order valence-corrected chi connectivity index (χ1v) is 7.70. The van der Waals surface area contributed by atoms with E-state index in [9.17, 15) is 0 Å². The summed E-state index contributed by atoms with van der Waals surface area (Å²) < 4.78 is 6.45. The number of halogens is 1. The topological polar surface area (TPSA) is 35.2 Å². The summed E-state index contributed by atoms with van der Waals surface area (Å²) in [4.78, 5) is 1.21. The molecular formula is C15H16BrNOS. The number of nitrogens with two attached hydrogens (primary N) is 1. The van der Waals surface area contributed by atoms with E-state index >= 15 is 0 Å². The van der Waals surface area contributed by atoms with Gasteiger partial charge in [0, 0.05) is 26.4 Å². The fraction of sp³-hybridized carbons (Fsp3) is 0.200. The minimum atomic E-state index is 0.839. The maximum atomic E-state index is 5.92. The molecule has 0 heterocycles. The van der Waals surface area contributed by atoms with Gasteiger partial charge in [-0.1, -0.05) is 22.0 Å². The molecule has 0 fully saturated rings. The molecule has 2 aromatic carbocycles. The Morgan fingerprint density at radius 2 is 2.05 bits per heavy atom. The average Bonchev–Trinajstić information content (AvgIpc) is 2.40. The third-order valence-corrected chi connectivity index (χ3v) is 4.65. The molecule has 2 nitrogen and oxygen atoms in total. The Balaban J connectivity index is 2.18. The molecule has 0 aromatic heterocycles. The van der Waals surface area contributed by atoms with Crippen LogP contribution in [0, 0.1) is 6.92 Å². The summed E-state index contributed by atoms with van der Waals surface area (Å²) in [6, 6.07) is 12.1. The van der Waals surface area contributed by atoms with Crippen molar-refractivity contribution in [2.24, 2.45) is 0 Å². The summed E-state index contributed by atoms with van der Waals surface area (Å²) in [6.07, 6.45) is 0. The molecule has 4 heteroatoms. The molecule has 2 aromatic rings. The van der Waals surface area contributed by atoms with Crippen LogP contribution in [0.4, 0.5) is 5.69 Å². The van der Waals surface area contributed by atoms with Gasteiger partial charge in [-0.25, -0.2) is 0 Å². The van der Waals surface area contributed by atoms with Gasteiger partial charge < -0.3 is 10.5 Å². The summed E-state index contributed by atoms with van der Waals surface area (Å²) in [5.41, 5.74) is 9.07. The van der Waals surface area contributed by atoms with Gasteiger partial charge in [0.1, 0.15) is 5.75 Å². The Labute approximate surface area is 126 Å². The molecule has 0 saturated heterocycles. The third kappa shape index (κ3) is 3.45. The summed E-state index contributed by atoms with van der Waals surface area (Å²) in [7, 11) is 1.70. The number of ether oxygens (including phenoxy) is 1. The summed E-state index contributed by atoms with van der Waals surface area (Å²) in [5, 5.41) is 0. The van der Waals surface area contributed by atoms with E-state index in [-0.39, 0.29) is 0 Å². The highest BCUT2D eigenvalue weighted by Gasteiger charge is 2.07. The predicted molar refractivity (Wildman–Crippen MR) is 85.8 cm³/mol. The van der Waals surface area contributed by atoms with Crippen LogP contribution in [-0.2, 0) is 5.75 Å². The van der Waals surface area contributed by atoms with Gasteiger partial charge in [0.05, 0.1) is 7.11 Å². The van der Waals surface area contributed by atoms with Crippen LogP contribution in [0.5, 0.6) is 5.75 Å². The van der Waals surface area contributed by atoms with Crippen LogP contribution >= 0.6 is 27.7 Å². The van der Waals surface area contributed by atoms with Crippen molar-refractivity contribution in [2.45, 2.75) is 17.6 Å². The fourth-order valence-corrected chi connectivity index (χ4v) is 3.26. The Morgan fingerprint density at radius 1 is 1.26 bits per heavy atom. The van der Waals surface area contributed by atoms with Crippen molar-refractivity contribution >= 4 is 33.4 Å². The Morgan fingerprint density at radius 3 is 2.79 bits per heavy atom. The number of thioether (sulfide) groups is 1. The van der Waals surface area contributed by atoms with Crippen LogP contribution in [0.1, 0.15) is 11.1 Å². The molecule has 0 aliphatic carbocycles. The highest BCUT2D eigenvalue weighted by atomic mass is 79.9. The van der Waals surface area contributed by atoms with Crippen LogP contribution in [0.2, 0.25) is 0 Å². The molecule has 2 rings (SSSR count). The lowest BCUT2D eigenvalue weighted by molar-refractivity contribution is 0.411. The number of rotatable bonds is 4. The molecule has 0 spiro atoms. The lowest BCUT2D eigenvalue weighted by Gasteiger charge is -2.11. The molecule has 19 heavy (non-hydrogen) atoms. The Hall–Kier alpha value is -1.13. The molecule has 0 atom stereocenters. The zero-order valence-electron chi connectivity index (χ0n) is 10.9. The van der Waals surface area contributed by atoms with E-state index in [2.05, 4.69) is 35.0 Å². The van der Waals surface area contributed by atoms with E-state index in [1.807, 2.05) is 24.3 Å². The Kier molecular flexibility index (Phi) is 4.77. The molecule has 0 aliphatic rings. The van der Waals surface area contributed by atoms with E-state index in [0.29, 0.717) is 0 Å². The van der Waals surface area contributed by atoms with E-state index < -0.39 is 0 Å². The van der Waals surface area contributed by atoms with Crippen LogP contribution < -0.4 is 10.5 Å². The molecule has 100 valence electrons. The van der Waals surface area contributed by atoms with Gasteiger partial charge in [-0.05, 0) is 42.8 Å². The van der Waals surface area contributed by atoms with Gasteiger partial charge in [-0.3, -0.25) is 0 Å². The quantitative estimate of drug-likeness (QED) is 0.651. The lowest BCUT2D eigenvalue weighted by Crippen LogP contribution is -1.93. The highest BCUT2D eigenvalue weighted by Crippen LogP contribution is 2.32. The smallest absolute Gasteiger partial charge is 0.122 e. The molecule has 0 amide bonds. The van der Waals surface area contributed by atoms with E-state index in [0.717, 1.165) is 27.2 Å². The molecule has 0 saturated carbocycles. The summed E-state index contributed by atoms with van der Waals surface area (Å²) in [5.74, 6) is 1.77. The number of hydrogen-bond donors (Lipinski definition) is 1.